The molecule has 0 fully saturated rings. The number of nitrogens with one attached hydrogen (secondary N) is 1. The van der Waals surface area contributed by atoms with Crippen LogP contribution in [0.15, 0.2) is 11.1 Å². The van der Waals surface area contributed by atoms with Crippen LogP contribution < -0.4 is 10.9 Å². The Bertz CT molecular complexity index is 656. The molecule has 3 heterocycles. The van der Waals surface area contributed by atoms with Gasteiger partial charge in [0.25, 0.3) is 11.5 Å². The van der Waals surface area contributed by atoms with E-state index in [1.54, 1.807) is 7.05 Å². The minimum atomic E-state index is -0.0914. The zero-order chi connectivity index (χ0) is 11.3. The maximum absolute atomic E-state index is 12.0. The van der Waals surface area contributed by atoms with Crippen molar-refractivity contribution in [2.75, 3.05) is 6.54 Å². The third-order valence-electron chi connectivity index (χ3n) is 2.74. The number of thiophene rings is 1. The molecule has 1 aliphatic rings. The Morgan fingerprint density at radius 3 is 3.12 bits per heavy atom. The number of aryl methyl sites for hydroxylation is 1. The average molecular weight is 235 g/mol. The molecule has 0 spiro atoms. The Balaban J connectivity index is 2.47. The zero-order valence-electron chi connectivity index (χ0n) is 8.61. The van der Waals surface area contributed by atoms with Gasteiger partial charge in [-0.1, -0.05) is 0 Å². The molecule has 0 unspecified atom stereocenters. The lowest BCUT2D eigenvalue weighted by Crippen LogP contribution is -2.31. The molecule has 0 aliphatic carbocycles. The van der Waals surface area contributed by atoms with Crippen molar-refractivity contribution < 1.29 is 4.79 Å². The molecule has 0 radical (unpaired) electrons. The van der Waals surface area contributed by atoms with E-state index in [1.165, 1.54) is 22.2 Å². The van der Waals surface area contributed by atoms with E-state index in [-0.39, 0.29) is 11.5 Å². The van der Waals surface area contributed by atoms with Crippen LogP contribution in [0.1, 0.15) is 15.2 Å². The second kappa shape index (κ2) is 3.15. The molecule has 1 N–H and O–H groups in total. The van der Waals surface area contributed by atoms with Crippen molar-refractivity contribution in [1.29, 1.82) is 0 Å². The van der Waals surface area contributed by atoms with Crippen LogP contribution in [-0.4, -0.2) is 22.0 Å². The third-order valence-corrected chi connectivity index (χ3v) is 3.88. The van der Waals surface area contributed by atoms with E-state index in [2.05, 4.69) is 10.3 Å². The molecule has 0 atom stereocenters. The molecule has 1 amide bonds. The van der Waals surface area contributed by atoms with Gasteiger partial charge in [0.2, 0.25) is 0 Å². The summed E-state index contributed by atoms with van der Waals surface area (Å²) in [4.78, 5) is 29.1. The topological polar surface area (TPSA) is 64.0 Å². The van der Waals surface area contributed by atoms with Gasteiger partial charge >= 0.3 is 0 Å². The predicted molar refractivity (Wildman–Crippen MR) is 60.9 cm³/mol. The molecule has 3 rings (SSSR count). The molecule has 0 saturated heterocycles. The van der Waals surface area contributed by atoms with E-state index >= 15 is 0 Å². The molecule has 1 aliphatic heterocycles. The van der Waals surface area contributed by atoms with Crippen LogP contribution in [0.25, 0.3) is 10.2 Å². The maximum Gasteiger partial charge on any atom is 0.262 e. The van der Waals surface area contributed by atoms with Gasteiger partial charge < -0.3 is 9.88 Å². The Morgan fingerprint density at radius 1 is 1.50 bits per heavy atom. The summed E-state index contributed by atoms with van der Waals surface area (Å²) in [6.45, 7) is 0.593. The Morgan fingerprint density at radius 2 is 2.31 bits per heavy atom. The van der Waals surface area contributed by atoms with Gasteiger partial charge in [0.05, 0.1) is 16.6 Å². The summed E-state index contributed by atoms with van der Waals surface area (Å²) in [6.07, 6.45) is 2.20. The fourth-order valence-corrected chi connectivity index (χ4v) is 3.03. The zero-order valence-corrected chi connectivity index (χ0v) is 9.43. The van der Waals surface area contributed by atoms with E-state index in [0.717, 1.165) is 5.56 Å². The van der Waals surface area contributed by atoms with Crippen molar-refractivity contribution >= 4 is 27.5 Å². The molecular formula is C10H9N3O2S. The van der Waals surface area contributed by atoms with Gasteiger partial charge in [-0.25, -0.2) is 4.98 Å². The smallest absolute Gasteiger partial charge is 0.262 e. The van der Waals surface area contributed by atoms with Crippen LogP contribution in [0, 0.1) is 0 Å². The molecular weight excluding hydrogens is 226 g/mol. The molecule has 2 aromatic rings. The van der Waals surface area contributed by atoms with Crippen LogP contribution in [0.4, 0.5) is 0 Å². The number of aromatic nitrogens is 2. The first-order chi connectivity index (χ1) is 7.68. The fraction of sp³-hybridized carbons (Fsp3) is 0.300. The van der Waals surface area contributed by atoms with Crippen LogP contribution >= 0.6 is 11.3 Å². The summed E-state index contributed by atoms with van der Waals surface area (Å²) in [5.41, 5.74) is 0.787. The number of hydrogen-bond acceptors (Lipinski definition) is 4. The highest BCUT2D eigenvalue weighted by Crippen LogP contribution is 2.29. The van der Waals surface area contributed by atoms with E-state index in [9.17, 15) is 9.59 Å². The first-order valence-corrected chi connectivity index (χ1v) is 5.75. The highest BCUT2D eigenvalue weighted by molar-refractivity contribution is 7.20. The highest BCUT2D eigenvalue weighted by atomic mass is 32.1. The van der Waals surface area contributed by atoms with E-state index in [0.29, 0.717) is 28.1 Å². The highest BCUT2D eigenvalue weighted by Gasteiger charge is 2.24. The van der Waals surface area contributed by atoms with E-state index in [1.807, 2.05) is 0 Å². The average Bonchev–Trinajstić information content (AvgIpc) is 2.64. The lowest BCUT2D eigenvalue weighted by atomic mass is 10.1. The van der Waals surface area contributed by atoms with Crippen LogP contribution in [0.2, 0.25) is 0 Å². The number of carbonyl (C=O) groups excluding carboxylic acids is 1. The van der Waals surface area contributed by atoms with E-state index < -0.39 is 0 Å². The SMILES string of the molecule is Cn1cnc2sc3c(c2c1=O)CCNC3=O. The lowest BCUT2D eigenvalue weighted by Gasteiger charge is -2.11. The minimum Gasteiger partial charge on any atom is -0.351 e. The number of fused-ring (bicyclic) bond motifs is 3. The standard InChI is InChI=1S/C10H9N3O2S/c1-13-4-12-9-6(10(13)15)5-2-3-11-8(14)7(5)16-9/h4H,2-3H2,1H3,(H,11,14). The van der Waals surface area contributed by atoms with Crippen molar-refractivity contribution in [3.63, 3.8) is 0 Å². The second-order valence-electron chi connectivity index (χ2n) is 3.76. The monoisotopic (exact) mass is 235 g/mol. The summed E-state index contributed by atoms with van der Waals surface area (Å²) in [7, 11) is 1.67. The molecule has 6 heteroatoms. The lowest BCUT2D eigenvalue weighted by molar-refractivity contribution is 0.0951. The van der Waals surface area contributed by atoms with Gasteiger partial charge in [0.15, 0.2) is 0 Å². The second-order valence-corrected chi connectivity index (χ2v) is 4.76. The molecule has 16 heavy (non-hydrogen) atoms. The summed E-state index contributed by atoms with van der Waals surface area (Å²) in [6, 6.07) is 0. The fourth-order valence-electron chi connectivity index (χ4n) is 1.93. The molecule has 5 nitrogen and oxygen atoms in total. The van der Waals surface area contributed by atoms with Crippen LogP contribution in [0.5, 0.6) is 0 Å². The van der Waals surface area contributed by atoms with Gasteiger partial charge in [-0.15, -0.1) is 11.3 Å². The van der Waals surface area contributed by atoms with Crippen molar-refractivity contribution in [3.05, 3.63) is 27.1 Å². The third kappa shape index (κ3) is 1.13. The first-order valence-electron chi connectivity index (χ1n) is 4.93. The van der Waals surface area contributed by atoms with Crippen molar-refractivity contribution in [2.24, 2.45) is 7.05 Å². The number of hydrogen-bond donors (Lipinski definition) is 1. The minimum absolute atomic E-state index is 0.0720. The normalized spacial score (nSPS) is 14.9. The number of rotatable bonds is 0. The van der Waals surface area contributed by atoms with E-state index in [4.69, 9.17) is 0 Å². The molecule has 0 saturated carbocycles. The van der Waals surface area contributed by atoms with Gasteiger partial charge in [-0.05, 0) is 12.0 Å². The summed E-state index contributed by atoms with van der Waals surface area (Å²) in [5.74, 6) is -0.0914. The predicted octanol–water partition coefficient (Wildman–Crippen LogP) is 0.281. The summed E-state index contributed by atoms with van der Waals surface area (Å²) < 4.78 is 1.45. The molecule has 0 bridgehead atoms. The van der Waals surface area contributed by atoms with Crippen molar-refractivity contribution in [1.82, 2.24) is 14.9 Å². The van der Waals surface area contributed by atoms with Gasteiger partial charge in [-0.3, -0.25) is 9.59 Å². The van der Waals surface area contributed by atoms with Crippen molar-refractivity contribution in [2.45, 2.75) is 6.42 Å². The Kier molecular flexibility index (Phi) is 1.88. The molecule has 82 valence electrons. The number of carbonyl (C=O) groups is 1. The van der Waals surface area contributed by atoms with Gasteiger partial charge in [-0.2, -0.15) is 0 Å². The van der Waals surface area contributed by atoms with Crippen molar-refractivity contribution in [3.8, 4) is 0 Å². The number of amides is 1. The van der Waals surface area contributed by atoms with Crippen LogP contribution in [0.3, 0.4) is 0 Å². The maximum atomic E-state index is 12.0. The molecule has 2 aromatic heterocycles. The van der Waals surface area contributed by atoms with Crippen LogP contribution in [-0.2, 0) is 13.5 Å². The first kappa shape index (κ1) is 9.53. The Hall–Kier alpha value is -1.69. The molecule has 0 aromatic carbocycles. The van der Waals surface area contributed by atoms with Gasteiger partial charge in [0, 0.05) is 13.6 Å². The summed E-state index contributed by atoms with van der Waals surface area (Å²) >= 11 is 1.29. The largest absolute Gasteiger partial charge is 0.351 e. The number of nitrogens with zero attached hydrogens (tertiary/aromatic N) is 2. The summed E-state index contributed by atoms with van der Waals surface area (Å²) in [5, 5.41) is 3.38. The quantitative estimate of drug-likeness (QED) is 0.713. The Labute approximate surface area is 94.7 Å². The van der Waals surface area contributed by atoms with Gasteiger partial charge in [0.1, 0.15) is 4.83 Å².